The summed E-state index contributed by atoms with van der Waals surface area (Å²) < 4.78 is 15.9. The minimum absolute atomic E-state index is 0.0353. The monoisotopic (exact) mass is 544 g/mol. The Morgan fingerprint density at radius 3 is 2.41 bits per heavy atom. The van der Waals surface area contributed by atoms with E-state index in [0.717, 1.165) is 10.4 Å². The van der Waals surface area contributed by atoms with Crippen molar-refractivity contribution in [2.45, 2.75) is 19.4 Å². The maximum Gasteiger partial charge on any atom is 0.254 e. The van der Waals surface area contributed by atoms with Crippen molar-refractivity contribution < 1.29 is 23.8 Å². The van der Waals surface area contributed by atoms with E-state index in [1.807, 2.05) is 35.7 Å². The number of amides is 2. The number of hydrogen-bond acceptors (Lipinski definition) is 6. The molecular formula is C28H33ClN2O5S. The molecule has 0 spiro atoms. The van der Waals surface area contributed by atoms with Crippen LogP contribution in [0.3, 0.4) is 0 Å². The van der Waals surface area contributed by atoms with Gasteiger partial charge in [-0.15, -0.1) is 11.3 Å². The molecular weight excluding hydrogens is 512 g/mol. The highest BCUT2D eigenvalue weighted by molar-refractivity contribution is 7.09. The third kappa shape index (κ3) is 8.49. The highest BCUT2D eigenvalue weighted by atomic mass is 35.5. The Kier molecular flexibility index (Phi) is 11.3. The Balaban J connectivity index is 1.77. The van der Waals surface area contributed by atoms with Crippen LogP contribution in [0.25, 0.3) is 0 Å². The van der Waals surface area contributed by atoms with Crippen LogP contribution in [0.2, 0.25) is 5.02 Å². The molecule has 0 aliphatic heterocycles. The predicted octanol–water partition coefficient (Wildman–Crippen LogP) is 5.17. The number of nitrogens with zero attached hydrogens (tertiary/aromatic N) is 2. The van der Waals surface area contributed by atoms with Gasteiger partial charge in [-0.25, -0.2) is 0 Å². The summed E-state index contributed by atoms with van der Waals surface area (Å²) in [5.74, 6) is 0.946. The molecule has 2 aromatic carbocycles. The Morgan fingerprint density at radius 2 is 1.73 bits per heavy atom. The number of hydrogen-bond donors (Lipinski definition) is 0. The summed E-state index contributed by atoms with van der Waals surface area (Å²) in [5, 5.41) is 2.47. The zero-order valence-corrected chi connectivity index (χ0v) is 23.0. The van der Waals surface area contributed by atoms with Gasteiger partial charge in [-0.2, -0.15) is 0 Å². The summed E-state index contributed by atoms with van der Waals surface area (Å²) in [6.07, 6.45) is 1.25. The van der Waals surface area contributed by atoms with Crippen LogP contribution in [0, 0.1) is 0 Å². The van der Waals surface area contributed by atoms with E-state index in [9.17, 15) is 9.59 Å². The summed E-state index contributed by atoms with van der Waals surface area (Å²) in [7, 11) is 4.82. The van der Waals surface area contributed by atoms with Gasteiger partial charge >= 0.3 is 0 Å². The maximum atomic E-state index is 13.6. The van der Waals surface area contributed by atoms with Crippen LogP contribution in [0.5, 0.6) is 11.5 Å². The van der Waals surface area contributed by atoms with E-state index in [1.54, 1.807) is 66.7 Å². The summed E-state index contributed by atoms with van der Waals surface area (Å²) in [6.45, 7) is 1.82. The van der Waals surface area contributed by atoms with E-state index in [0.29, 0.717) is 61.2 Å². The van der Waals surface area contributed by atoms with E-state index in [1.165, 1.54) is 0 Å². The zero-order chi connectivity index (χ0) is 26.6. The van der Waals surface area contributed by atoms with Gasteiger partial charge in [0, 0.05) is 42.3 Å². The van der Waals surface area contributed by atoms with E-state index < -0.39 is 0 Å². The van der Waals surface area contributed by atoms with Gasteiger partial charge in [0.05, 0.1) is 20.8 Å². The Hall–Kier alpha value is -3.07. The third-order valence-corrected chi connectivity index (χ3v) is 6.96. The zero-order valence-electron chi connectivity index (χ0n) is 21.4. The molecule has 7 nitrogen and oxygen atoms in total. The third-order valence-electron chi connectivity index (χ3n) is 5.86. The molecule has 1 heterocycles. The van der Waals surface area contributed by atoms with Crippen LogP contribution in [-0.2, 0) is 22.5 Å². The number of ether oxygens (including phenoxy) is 3. The van der Waals surface area contributed by atoms with Crippen LogP contribution >= 0.6 is 22.9 Å². The van der Waals surface area contributed by atoms with Crippen molar-refractivity contribution in [3.8, 4) is 11.5 Å². The minimum atomic E-state index is -0.233. The van der Waals surface area contributed by atoms with E-state index >= 15 is 0 Å². The first-order valence-electron chi connectivity index (χ1n) is 12.0. The van der Waals surface area contributed by atoms with Crippen molar-refractivity contribution >= 4 is 34.8 Å². The van der Waals surface area contributed by atoms with Gasteiger partial charge in [-0.1, -0.05) is 29.8 Å². The topological polar surface area (TPSA) is 68.3 Å². The van der Waals surface area contributed by atoms with E-state index in [-0.39, 0.29) is 18.4 Å². The molecule has 3 aromatic rings. The molecule has 0 radical (unpaired) electrons. The number of carbonyl (C=O) groups is 2. The second-order valence-electron chi connectivity index (χ2n) is 8.42. The summed E-state index contributed by atoms with van der Waals surface area (Å²) in [4.78, 5) is 31.4. The summed E-state index contributed by atoms with van der Waals surface area (Å²) in [6, 6.07) is 16.5. The lowest BCUT2D eigenvalue weighted by molar-refractivity contribution is -0.132. The van der Waals surface area contributed by atoms with E-state index in [2.05, 4.69) is 0 Å². The van der Waals surface area contributed by atoms with Gasteiger partial charge in [0.1, 0.15) is 6.54 Å². The molecule has 9 heteroatoms. The van der Waals surface area contributed by atoms with Crippen LogP contribution in [0.15, 0.2) is 60.0 Å². The molecule has 37 heavy (non-hydrogen) atoms. The quantitative estimate of drug-likeness (QED) is 0.262. The second-order valence-corrected chi connectivity index (χ2v) is 9.89. The van der Waals surface area contributed by atoms with Crippen molar-refractivity contribution in [3.05, 3.63) is 81.0 Å². The molecule has 0 aliphatic carbocycles. The first-order valence-corrected chi connectivity index (χ1v) is 13.3. The molecule has 0 fully saturated rings. The Labute approximate surface area is 227 Å². The number of rotatable bonds is 14. The highest BCUT2D eigenvalue weighted by Crippen LogP contribution is 2.28. The lowest BCUT2D eigenvalue weighted by atomic mass is 10.1. The molecule has 1 aromatic heterocycles. The Morgan fingerprint density at radius 1 is 0.919 bits per heavy atom. The van der Waals surface area contributed by atoms with E-state index in [4.69, 9.17) is 25.8 Å². The van der Waals surface area contributed by atoms with Crippen LogP contribution < -0.4 is 9.47 Å². The van der Waals surface area contributed by atoms with Gasteiger partial charge in [0.2, 0.25) is 5.91 Å². The first-order chi connectivity index (χ1) is 17.9. The summed E-state index contributed by atoms with van der Waals surface area (Å²) in [5.41, 5.74) is 1.47. The number of thiophene rings is 1. The molecule has 0 bridgehead atoms. The van der Waals surface area contributed by atoms with Crippen molar-refractivity contribution in [2.75, 3.05) is 47.6 Å². The molecule has 0 unspecified atom stereocenters. The average molecular weight is 545 g/mol. The Bertz CT molecular complexity index is 1160. The second kappa shape index (κ2) is 14.6. The molecule has 0 saturated carbocycles. The van der Waals surface area contributed by atoms with Crippen LogP contribution in [-0.4, -0.2) is 69.2 Å². The molecule has 0 N–H and O–H groups in total. The SMILES string of the molecule is COCCCN(CC(=O)N(CCc1ccc(OC)c(OC)c1)Cc1cccs1)C(=O)c1cccc(Cl)c1. The van der Waals surface area contributed by atoms with Crippen LogP contribution in [0.4, 0.5) is 0 Å². The number of benzene rings is 2. The number of carbonyl (C=O) groups excluding carboxylic acids is 2. The molecule has 0 atom stereocenters. The molecule has 3 rings (SSSR count). The smallest absolute Gasteiger partial charge is 0.254 e. The van der Waals surface area contributed by atoms with Crippen molar-refractivity contribution in [2.24, 2.45) is 0 Å². The van der Waals surface area contributed by atoms with Crippen LogP contribution in [0.1, 0.15) is 27.2 Å². The van der Waals surface area contributed by atoms with Crippen molar-refractivity contribution in [1.29, 1.82) is 0 Å². The molecule has 0 aliphatic rings. The van der Waals surface area contributed by atoms with Gasteiger partial charge in [-0.3, -0.25) is 9.59 Å². The van der Waals surface area contributed by atoms with Gasteiger partial charge in [0.25, 0.3) is 5.91 Å². The van der Waals surface area contributed by atoms with Gasteiger partial charge < -0.3 is 24.0 Å². The predicted molar refractivity (Wildman–Crippen MR) is 147 cm³/mol. The van der Waals surface area contributed by atoms with Gasteiger partial charge in [-0.05, 0) is 60.2 Å². The number of methoxy groups -OCH3 is 3. The molecule has 198 valence electrons. The lowest BCUT2D eigenvalue weighted by Gasteiger charge is -2.28. The molecule has 0 saturated heterocycles. The normalized spacial score (nSPS) is 10.7. The minimum Gasteiger partial charge on any atom is -0.493 e. The largest absolute Gasteiger partial charge is 0.493 e. The molecule has 2 amide bonds. The first kappa shape index (κ1) is 28.5. The summed E-state index contributed by atoms with van der Waals surface area (Å²) >= 11 is 7.71. The average Bonchev–Trinajstić information content (AvgIpc) is 3.43. The fourth-order valence-corrected chi connectivity index (χ4v) is 4.81. The highest BCUT2D eigenvalue weighted by Gasteiger charge is 2.23. The number of halogens is 1. The maximum absolute atomic E-state index is 13.6. The lowest BCUT2D eigenvalue weighted by Crippen LogP contribution is -2.43. The fraction of sp³-hybridized carbons (Fsp3) is 0.357. The van der Waals surface area contributed by atoms with Gasteiger partial charge in [0.15, 0.2) is 11.5 Å². The van der Waals surface area contributed by atoms with Crippen molar-refractivity contribution in [3.63, 3.8) is 0 Å². The fourth-order valence-electron chi connectivity index (χ4n) is 3.90. The van der Waals surface area contributed by atoms with Crippen molar-refractivity contribution in [1.82, 2.24) is 9.80 Å². The standard InChI is InChI=1S/C28H33ClN2O5S/c1-34-15-6-13-31(28(33)22-7-4-8-23(29)18-22)20-27(32)30(19-24-9-5-16-37-24)14-12-21-10-11-25(35-2)26(17-21)36-3/h4-5,7-11,16-18H,6,12-15,19-20H2,1-3H3.